The van der Waals surface area contributed by atoms with Crippen LogP contribution in [-0.4, -0.2) is 41.4 Å². The minimum absolute atomic E-state index is 0.241. The number of aromatic nitrogens is 3. The Morgan fingerprint density at radius 2 is 2.05 bits per heavy atom. The maximum Gasteiger partial charge on any atom is 0.245 e. The summed E-state index contributed by atoms with van der Waals surface area (Å²) in [5.41, 5.74) is 0.871. The molecule has 0 spiro atoms. The molecule has 1 aromatic heterocycles. The van der Waals surface area contributed by atoms with E-state index in [0.29, 0.717) is 11.8 Å². The lowest BCUT2D eigenvalue weighted by atomic mass is 10.2. The Bertz CT molecular complexity index is 579. The van der Waals surface area contributed by atoms with Crippen molar-refractivity contribution in [2.75, 3.05) is 31.1 Å². The van der Waals surface area contributed by atoms with Crippen molar-refractivity contribution in [1.29, 1.82) is 0 Å². The van der Waals surface area contributed by atoms with E-state index in [1.54, 1.807) is 6.07 Å². The molecule has 0 atom stereocenters. The number of anilines is 1. The molecule has 3 rings (SSSR count). The summed E-state index contributed by atoms with van der Waals surface area (Å²) >= 11 is 2.10. The second-order valence-corrected chi connectivity index (χ2v) is 5.51. The van der Waals surface area contributed by atoms with Gasteiger partial charge in [0.1, 0.15) is 5.82 Å². The molecule has 1 aliphatic heterocycles. The van der Waals surface area contributed by atoms with Gasteiger partial charge in [0.15, 0.2) is 5.82 Å². The molecule has 5 nitrogen and oxygen atoms in total. The topological polar surface area (TPSA) is 56.8 Å². The van der Waals surface area contributed by atoms with Gasteiger partial charge in [-0.05, 0) is 40.8 Å². The van der Waals surface area contributed by atoms with Crippen LogP contribution >= 0.6 is 22.6 Å². The maximum absolute atomic E-state index is 13.1. The fraction of sp³-hybridized carbons (Fsp3) is 0.333. The van der Waals surface area contributed by atoms with Crippen molar-refractivity contribution in [2.24, 2.45) is 0 Å². The zero-order valence-corrected chi connectivity index (χ0v) is 12.3. The highest BCUT2D eigenvalue weighted by atomic mass is 127. The van der Waals surface area contributed by atoms with Crippen LogP contribution in [0, 0.1) is 9.39 Å². The monoisotopic (exact) mass is 373 g/mol. The lowest BCUT2D eigenvalue weighted by Gasteiger charge is -2.25. The van der Waals surface area contributed by atoms with Crippen molar-refractivity contribution >= 4 is 28.5 Å². The molecule has 1 saturated heterocycles. The molecule has 1 aliphatic rings. The summed E-state index contributed by atoms with van der Waals surface area (Å²) in [6, 6.07) is 4.65. The largest absolute Gasteiger partial charge is 0.337 e. The molecule has 1 aromatic carbocycles. The predicted molar refractivity (Wildman–Crippen MR) is 79.6 cm³/mol. The Kier molecular flexibility index (Phi) is 3.65. The van der Waals surface area contributed by atoms with Crippen LogP contribution in [0.15, 0.2) is 18.2 Å². The van der Waals surface area contributed by atoms with Crippen LogP contribution in [0.25, 0.3) is 11.4 Å². The average molecular weight is 373 g/mol. The molecule has 0 radical (unpaired) electrons. The lowest BCUT2D eigenvalue weighted by molar-refractivity contribution is 0.580. The number of H-pyrrole nitrogens is 1. The molecule has 1 fully saturated rings. The number of nitrogens with one attached hydrogen (secondary N) is 2. The minimum atomic E-state index is -0.241. The summed E-state index contributed by atoms with van der Waals surface area (Å²) in [5, 5.41) is 10.5. The Morgan fingerprint density at radius 3 is 2.79 bits per heavy atom. The molecule has 0 unspecified atom stereocenters. The molecule has 2 N–H and O–H groups in total. The van der Waals surface area contributed by atoms with E-state index < -0.39 is 0 Å². The van der Waals surface area contributed by atoms with Gasteiger partial charge in [-0.25, -0.2) is 4.39 Å². The summed E-state index contributed by atoms with van der Waals surface area (Å²) in [7, 11) is 0. The summed E-state index contributed by atoms with van der Waals surface area (Å²) in [4.78, 5) is 6.63. The van der Waals surface area contributed by atoms with Crippen LogP contribution in [0.4, 0.5) is 10.3 Å². The summed E-state index contributed by atoms with van der Waals surface area (Å²) in [5.74, 6) is 1.14. The average Bonchev–Trinajstić information content (AvgIpc) is 2.89. The van der Waals surface area contributed by atoms with Crippen LogP contribution < -0.4 is 10.2 Å². The van der Waals surface area contributed by atoms with Gasteiger partial charge in [-0.1, -0.05) is 0 Å². The first kappa shape index (κ1) is 12.8. The number of nitrogens with zero attached hydrogens (tertiary/aromatic N) is 3. The Balaban J connectivity index is 1.87. The van der Waals surface area contributed by atoms with Crippen LogP contribution in [0.2, 0.25) is 0 Å². The molecule has 0 amide bonds. The third-order valence-electron chi connectivity index (χ3n) is 3.06. The number of hydrogen-bond acceptors (Lipinski definition) is 4. The van der Waals surface area contributed by atoms with E-state index in [-0.39, 0.29) is 5.82 Å². The third-order valence-corrected chi connectivity index (χ3v) is 3.95. The van der Waals surface area contributed by atoms with E-state index in [2.05, 4.69) is 48.0 Å². The maximum atomic E-state index is 13.1. The summed E-state index contributed by atoms with van der Waals surface area (Å²) in [6.07, 6.45) is 0. The smallest absolute Gasteiger partial charge is 0.245 e. The minimum Gasteiger partial charge on any atom is -0.337 e. The molecule has 0 aliphatic carbocycles. The number of aromatic amines is 1. The molecule has 100 valence electrons. The fourth-order valence-electron chi connectivity index (χ4n) is 2.06. The SMILES string of the molecule is Fc1ccc(-c2nc(N3CCNCC3)n[nH]2)c(I)c1. The highest BCUT2D eigenvalue weighted by Gasteiger charge is 2.16. The van der Waals surface area contributed by atoms with Crippen molar-refractivity contribution < 1.29 is 4.39 Å². The summed E-state index contributed by atoms with van der Waals surface area (Å²) in [6.45, 7) is 3.69. The van der Waals surface area contributed by atoms with Crippen molar-refractivity contribution in [1.82, 2.24) is 20.5 Å². The van der Waals surface area contributed by atoms with E-state index in [1.807, 2.05) is 0 Å². The number of piperazine rings is 1. The van der Waals surface area contributed by atoms with Crippen LogP contribution in [-0.2, 0) is 0 Å². The number of rotatable bonds is 2. The Hall–Kier alpha value is -1.22. The number of halogens is 2. The van der Waals surface area contributed by atoms with Crippen molar-refractivity contribution in [2.45, 2.75) is 0 Å². The van der Waals surface area contributed by atoms with Gasteiger partial charge < -0.3 is 10.2 Å². The Labute approximate surface area is 123 Å². The highest BCUT2D eigenvalue weighted by Crippen LogP contribution is 2.24. The van der Waals surface area contributed by atoms with Crippen LogP contribution in [0.1, 0.15) is 0 Å². The molecule has 2 heterocycles. The molecular formula is C12H13FIN5. The third kappa shape index (κ3) is 2.71. The van der Waals surface area contributed by atoms with Gasteiger partial charge >= 0.3 is 0 Å². The number of benzene rings is 1. The van der Waals surface area contributed by atoms with Crippen molar-refractivity contribution in [3.05, 3.63) is 27.6 Å². The molecule has 2 aromatic rings. The van der Waals surface area contributed by atoms with Crippen molar-refractivity contribution in [3.63, 3.8) is 0 Å². The van der Waals surface area contributed by atoms with E-state index in [1.165, 1.54) is 12.1 Å². The first-order valence-corrected chi connectivity index (χ1v) is 7.15. The highest BCUT2D eigenvalue weighted by molar-refractivity contribution is 14.1. The molecule has 7 heteroatoms. The van der Waals surface area contributed by atoms with E-state index in [9.17, 15) is 4.39 Å². The van der Waals surface area contributed by atoms with Gasteiger partial charge in [0.05, 0.1) is 0 Å². The second-order valence-electron chi connectivity index (χ2n) is 4.35. The summed E-state index contributed by atoms with van der Waals surface area (Å²) < 4.78 is 13.9. The zero-order valence-electron chi connectivity index (χ0n) is 10.2. The van der Waals surface area contributed by atoms with Gasteiger partial charge in [0.2, 0.25) is 5.95 Å². The standard InChI is InChI=1S/C12H13FIN5/c13-8-1-2-9(10(14)7-8)11-16-12(18-17-11)19-5-3-15-4-6-19/h1-2,7,15H,3-6H2,(H,16,17,18). The van der Waals surface area contributed by atoms with Gasteiger partial charge in [-0.2, -0.15) is 4.98 Å². The lowest BCUT2D eigenvalue weighted by Crippen LogP contribution is -2.44. The van der Waals surface area contributed by atoms with E-state index >= 15 is 0 Å². The quantitative estimate of drug-likeness (QED) is 0.786. The van der Waals surface area contributed by atoms with Crippen molar-refractivity contribution in [3.8, 4) is 11.4 Å². The van der Waals surface area contributed by atoms with Gasteiger partial charge in [0, 0.05) is 35.3 Å². The zero-order chi connectivity index (χ0) is 13.2. The molecule has 0 saturated carbocycles. The Morgan fingerprint density at radius 1 is 1.26 bits per heavy atom. The van der Waals surface area contributed by atoms with Gasteiger partial charge in [-0.3, -0.25) is 5.10 Å². The molecule has 0 bridgehead atoms. The van der Waals surface area contributed by atoms with E-state index in [0.717, 1.165) is 35.3 Å². The molecule has 19 heavy (non-hydrogen) atoms. The first-order chi connectivity index (χ1) is 9.24. The molecular weight excluding hydrogens is 360 g/mol. The van der Waals surface area contributed by atoms with Crippen LogP contribution in [0.3, 0.4) is 0 Å². The van der Waals surface area contributed by atoms with Gasteiger partial charge in [0.25, 0.3) is 0 Å². The normalized spacial score (nSPS) is 15.8. The first-order valence-electron chi connectivity index (χ1n) is 6.07. The van der Waals surface area contributed by atoms with E-state index in [4.69, 9.17) is 0 Å². The predicted octanol–water partition coefficient (Wildman–Crippen LogP) is 1.62. The van der Waals surface area contributed by atoms with Crippen LogP contribution in [0.5, 0.6) is 0 Å². The van der Waals surface area contributed by atoms with Gasteiger partial charge in [-0.15, -0.1) is 5.10 Å². The number of hydrogen-bond donors (Lipinski definition) is 2. The second kappa shape index (κ2) is 5.41. The fourth-order valence-corrected chi connectivity index (χ4v) is 2.79.